The van der Waals surface area contributed by atoms with Crippen molar-refractivity contribution in [1.29, 1.82) is 0 Å². The van der Waals surface area contributed by atoms with E-state index in [2.05, 4.69) is 10.2 Å². The van der Waals surface area contributed by atoms with Crippen molar-refractivity contribution >= 4 is 44.8 Å². The van der Waals surface area contributed by atoms with Crippen LogP contribution in [0.2, 0.25) is 10.0 Å². The fourth-order valence-electron chi connectivity index (χ4n) is 2.53. The number of nitrogens with zero attached hydrogens (tertiary/aromatic N) is 2. The van der Waals surface area contributed by atoms with Crippen molar-refractivity contribution in [3.8, 4) is 5.75 Å². The molecule has 136 valence electrons. The van der Waals surface area contributed by atoms with Gasteiger partial charge in [0, 0.05) is 17.2 Å². The topological polar surface area (TPSA) is 82.3 Å². The summed E-state index contributed by atoms with van der Waals surface area (Å²) >= 11 is 13.2. The van der Waals surface area contributed by atoms with Gasteiger partial charge >= 0.3 is 0 Å². The number of rotatable bonds is 7. The summed E-state index contributed by atoms with van der Waals surface area (Å²) in [5.74, 6) is 2.18. The third kappa shape index (κ3) is 5.51. The van der Waals surface area contributed by atoms with Gasteiger partial charge in [0.2, 0.25) is 5.89 Å². The molecule has 0 unspecified atom stereocenters. The zero-order valence-electron chi connectivity index (χ0n) is 13.2. The van der Waals surface area contributed by atoms with Crippen molar-refractivity contribution < 1.29 is 17.6 Å². The molecule has 2 heterocycles. The van der Waals surface area contributed by atoms with Crippen molar-refractivity contribution in [2.24, 2.45) is 5.92 Å². The first-order valence-corrected chi connectivity index (χ1v) is 11.2. The van der Waals surface area contributed by atoms with Gasteiger partial charge in [-0.3, -0.25) is 0 Å². The van der Waals surface area contributed by atoms with Crippen LogP contribution in [-0.4, -0.2) is 42.5 Å². The Morgan fingerprint density at radius 3 is 2.88 bits per heavy atom. The van der Waals surface area contributed by atoms with Crippen molar-refractivity contribution in [1.82, 2.24) is 10.2 Å². The van der Waals surface area contributed by atoms with Crippen LogP contribution in [0.5, 0.6) is 5.75 Å². The lowest BCUT2D eigenvalue weighted by Gasteiger charge is -2.07. The molecule has 6 nitrogen and oxygen atoms in total. The Labute approximate surface area is 160 Å². The summed E-state index contributed by atoms with van der Waals surface area (Å²) in [5, 5.41) is 9.41. The summed E-state index contributed by atoms with van der Waals surface area (Å²) in [6.45, 7) is 0.421. The van der Waals surface area contributed by atoms with E-state index in [-0.39, 0.29) is 17.4 Å². The quantitative estimate of drug-likeness (QED) is 0.498. The van der Waals surface area contributed by atoms with Gasteiger partial charge in [0.05, 0.1) is 23.1 Å². The van der Waals surface area contributed by atoms with E-state index in [0.717, 1.165) is 0 Å². The van der Waals surface area contributed by atoms with Crippen LogP contribution in [0.15, 0.2) is 27.8 Å². The SMILES string of the molecule is O=S1(=O)CC[C@H](Cc2nnc(SCCOc3ccc(Cl)cc3Cl)o2)C1. The van der Waals surface area contributed by atoms with Crippen molar-refractivity contribution in [2.45, 2.75) is 18.1 Å². The van der Waals surface area contributed by atoms with Gasteiger partial charge < -0.3 is 9.15 Å². The first-order chi connectivity index (χ1) is 11.9. The minimum absolute atomic E-state index is 0.0682. The molecule has 25 heavy (non-hydrogen) atoms. The molecule has 0 aliphatic carbocycles. The Morgan fingerprint density at radius 2 is 2.16 bits per heavy atom. The number of halogens is 2. The van der Waals surface area contributed by atoms with E-state index >= 15 is 0 Å². The fourth-order valence-corrected chi connectivity index (χ4v) is 5.45. The first-order valence-electron chi connectivity index (χ1n) is 7.65. The molecule has 0 bridgehead atoms. The highest BCUT2D eigenvalue weighted by atomic mass is 35.5. The molecule has 0 radical (unpaired) electrons. The molecular formula is C15H16Cl2N2O4S2. The van der Waals surface area contributed by atoms with Gasteiger partial charge in [-0.1, -0.05) is 35.0 Å². The van der Waals surface area contributed by atoms with Crippen LogP contribution in [-0.2, 0) is 16.3 Å². The maximum Gasteiger partial charge on any atom is 0.276 e. The van der Waals surface area contributed by atoms with Crippen molar-refractivity contribution in [2.75, 3.05) is 23.9 Å². The predicted octanol–water partition coefficient (Wildman–Crippen LogP) is 3.52. The molecule has 10 heteroatoms. The molecule has 0 saturated carbocycles. The van der Waals surface area contributed by atoms with Crippen LogP contribution < -0.4 is 4.74 Å². The monoisotopic (exact) mass is 422 g/mol. The molecule has 3 rings (SSSR count). The van der Waals surface area contributed by atoms with Gasteiger partial charge in [0.15, 0.2) is 9.84 Å². The lowest BCUT2D eigenvalue weighted by atomic mass is 10.1. The molecule has 1 saturated heterocycles. The summed E-state index contributed by atoms with van der Waals surface area (Å²) in [6, 6.07) is 5.05. The Bertz CT molecular complexity index is 842. The third-order valence-electron chi connectivity index (χ3n) is 3.70. The molecule has 1 atom stereocenters. The maximum absolute atomic E-state index is 11.5. The Hall–Kier alpha value is -0.960. The number of ether oxygens (including phenoxy) is 1. The van der Waals surface area contributed by atoms with E-state index in [1.807, 2.05) is 0 Å². The molecular weight excluding hydrogens is 407 g/mol. The summed E-state index contributed by atoms with van der Waals surface area (Å²) < 4.78 is 34.1. The number of hydrogen-bond acceptors (Lipinski definition) is 7. The second kappa shape index (κ2) is 8.16. The Kier molecular flexibility index (Phi) is 6.14. The van der Waals surface area contributed by atoms with Crippen molar-refractivity contribution in [3.63, 3.8) is 0 Å². The Balaban J connectivity index is 1.43. The average molecular weight is 423 g/mol. The van der Waals surface area contributed by atoms with Gasteiger partial charge in [0.25, 0.3) is 5.22 Å². The van der Waals surface area contributed by atoms with E-state index in [1.165, 1.54) is 11.8 Å². The van der Waals surface area contributed by atoms with E-state index < -0.39 is 9.84 Å². The largest absolute Gasteiger partial charge is 0.491 e. The summed E-state index contributed by atoms with van der Waals surface area (Å²) in [4.78, 5) is 0. The van der Waals surface area contributed by atoms with E-state index in [4.69, 9.17) is 32.4 Å². The summed E-state index contributed by atoms with van der Waals surface area (Å²) in [5.41, 5.74) is 0. The minimum Gasteiger partial charge on any atom is -0.491 e. The minimum atomic E-state index is -2.89. The van der Waals surface area contributed by atoms with Crippen LogP contribution >= 0.6 is 35.0 Å². The first kappa shape index (κ1) is 18.8. The zero-order chi connectivity index (χ0) is 17.9. The zero-order valence-corrected chi connectivity index (χ0v) is 16.3. The second-order valence-corrected chi connectivity index (χ2v) is 9.83. The molecule has 2 aromatic rings. The molecule has 1 aliphatic rings. The highest BCUT2D eigenvalue weighted by Crippen LogP contribution is 2.28. The standard InChI is InChI=1S/C15H16Cl2N2O4S2/c16-11-1-2-13(12(17)8-11)22-4-5-24-15-19-18-14(23-15)7-10-3-6-25(20,21)9-10/h1-2,8,10H,3-7,9H2/t10-/m1/s1. The molecule has 1 aliphatic heterocycles. The fraction of sp³-hybridized carbons (Fsp3) is 0.467. The summed E-state index contributed by atoms with van der Waals surface area (Å²) in [6.07, 6.45) is 1.16. The van der Waals surface area contributed by atoms with Gasteiger partial charge in [0.1, 0.15) is 5.75 Å². The lowest BCUT2D eigenvalue weighted by molar-refractivity contribution is 0.342. The molecule has 1 aromatic heterocycles. The highest BCUT2D eigenvalue weighted by Gasteiger charge is 2.29. The average Bonchev–Trinajstić information content (AvgIpc) is 3.12. The molecule has 0 N–H and O–H groups in total. The Morgan fingerprint density at radius 1 is 1.32 bits per heavy atom. The smallest absolute Gasteiger partial charge is 0.276 e. The van der Waals surface area contributed by atoms with Gasteiger partial charge in [-0.05, 0) is 30.5 Å². The molecule has 1 aromatic carbocycles. The number of hydrogen-bond donors (Lipinski definition) is 0. The number of benzene rings is 1. The maximum atomic E-state index is 11.5. The van der Waals surface area contributed by atoms with Crippen LogP contribution in [0, 0.1) is 5.92 Å². The summed E-state index contributed by atoms with van der Waals surface area (Å²) in [7, 11) is -2.89. The molecule has 0 spiro atoms. The van der Waals surface area contributed by atoms with E-state index in [9.17, 15) is 8.42 Å². The van der Waals surface area contributed by atoms with E-state index in [0.29, 0.717) is 52.1 Å². The van der Waals surface area contributed by atoms with Gasteiger partial charge in [-0.15, -0.1) is 10.2 Å². The van der Waals surface area contributed by atoms with Crippen LogP contribution in [0.25, 0.3) is 0 Å². The molecule has 1 fully saturated rings. The van der Waals surface area contributed by atoms with Crippen LogP contribution in [0.3, 0.4) is 0 Å². The highest BCUT2D eigenvalue weighted by molar-refractivity contribution is 7.99. The van der Waals surface area contributed by atoms with Gasteiger partial charge in [-0.2, -0.15) is 0 Å². The number of aromatic nitrogens is 2. The number of thioether (sulfide) groups is 1. The molecule has 0 amide bonds. The van der Waals surface area contributed by atoms with Crippen LogP contribution in [0.4, 0.5) is 0 Å². The number of sulfone groups is 1. The predicted molar refractivity (Wildman–Crippen MR) is 97.4 cm³/mol. The van der Waals surface area contributed by atoms with E-state index in [1.54, 1.807) is 18.2 Å². The van der Waals surface area contributed by atoms with Crippen LogP contribution in [0.1, 0.15) is 12.3 Å². The lowest BCUT2D eigenvalue weighted by Crippen LogP contribution is -2.07. The third-order valence-corrected chi connectivity index (χ3v) is 6.85. The van der Waals surface area contributed by atoms with Gasteiger partial charge in [-0.25, -0.2) is 8.42 Å². The van der Waals surface area contributed by atoms with Crippen molar-refractivity contribution in [3.05, 3.63) is 34.1 Å². The second-order valence-electron chi connectivity index (χ2n) is 5.71. The normalized spacial score (nSPS) is 19.2.